The van der Waals surface area contributed by atoms with Crippen LogP contribution in [0.4, 0.5) is 0 Å². The predicted molar refractivity (Wildman–Crippen MR) is 82.9 cm³/mol. The Kier molecular flexibility index (Phi) is 1.95. The molecular weight excluding hydrogens is 260 g/mol. The second kappa shape index (κ2) is 4.42. The minimum Gasteiger partial charge on any atom is -0.437 e. The average Bonchev–Trinajstić information content (AvgIpc) is 2.93. The maximum Gasteiger partial charge on any atom is 0.227 e. The number of aryl methyl sites for hydroxylation is 2. The van der Waals surface area contributed by atoms with Gasteiger partial charge in [-0.3, -0.25) is 0 Å². The van der Waals surface area contributed by atoms with Crippen LogP contribution in [0, 0.1) is 6.85 Å². The largest absolute Gasteiger partial charge is 0.437 e. The van der Waals surface area contributed by atoms with E-state index in [2.05, 4.69) is 4.98 Å². The molecule has 0 aliphatic heterocycles. The minimum absolute atomic E-state index is 0.312. The third-order valence-electron chi connectivity index (χ3n) is 3.68. The van der Waals surface area contributed by atoms with Crippen molar-refractivity contribution in [3.8, 4) is 11.3 Å². The molecule has 0 fully saturated rings. The maximum absolute atomic E-state index is 7.54. The highest BCUT2D eigenvalue weighted by atomic mass is 16.3. The van der Waals surface area contributed by atoms with Crippen LogP contribution < -0.4 is 4.57 Å². The lowest BCUT2D eigenvalue weighted by Crippen LogP contribution is -2.30. The first-order chi connectivity index (χ1) is 11.4. The van der Waals surface area contributed by atoms with E-state index in [9.17, 15) is 0 Å². The van der Waals surface area contributed by atoms with Gasteiger partial charge in [0.15, 0.2) is 11.8 Å². The molecule has 21 heavy (non-hydrogen) atoms. The number of fused-ring (bicyclic) bond motifs is 3. The molecule has 3 heteroatoms. The van der Waals surface area contributed by atoms with Gasteiger partial charge in [0.05, 0.1) is 5.56 Å². The van der Waals surface area contributed by atoms with Gasteiger partial charge >= 0.3 is 0 Å². The lowest BCUT2D eigenvalue weighted by molar-refractivity contribution is -0.660. The van der Waals surface area contributed by atoms with E-state index in [1.807, 2.05) is 48.0 Å². The standard InChI is InChI=1S/C18H15N2O/c1-12-8-9-16(20(2)11-12)15-6-3-5-13-14-7-4-10-19-18(14)21-17(13)15/h3-11H,1-2H3/q+1/i1D3. The summed E-state index contributed by atoms with van der Waals surface area (Å²) < 4.78 is 30.4. The number of hydrogen-bond donors (Lipinski definition) is 0. The summed E-state index contributed by atoms with van der Waals surface area (Å²) in [5, 5.41) is 1.96. The smallest absolute Gasteiger partial charge is 0.227 e. The van der Waals surface area contributed by atoms with E-state index >= 15 is 0 Å². The van der Waals surface area contributed by atoms with Gasteiger partial charge in [0.25, 0.3) is 0 Å². The average molecular weight is 278 g/mol. The molecule has 0 unspecified atom stereocenters. The Morgan fingerprint density at radius 1 is 1.10 bits per heavy atom. The van der Waals surface area contributed by atoms with E-state index in [0.717, 1.165) is 27.6 Å². The Labute approximate surface area is 126 Å². The van der Waals surface area contributed by atoms with Crippen LogP contribution in [-0.2, 0) is 7.05 Å². The number of para-hydroxylation sites is 1. The van der Waals surface area contributed by atoms with E-state index in [0.29, 0.717) is 11.3 Å². The number of nitrogens with zero attached hydrogens (tertiary/aromatic N) is 2. The molecule has 1 aromatic carbocycles. The maximum atomic E-state index is 7.54. The number of furan rings is 1. The van der Waals surface area contributed by atoms with Gasteiger partial charge in [-0.15, -0.1) is 0 Å². The Morgan fingerprint density at radius 3 is 2.86 bits per heavy atom. The van der Waals surface area contributed by atoms with Crippen LogP contribution in [0.25, 0.3) is 33.3 Å². The molecule has 0 saturated carbocycles. The Morgan fingerprint density at radius 2 is 2.00 bits per heavy atom. The molecule has 0 bridgehead atoms. The summed E-state index contributed by atoms with van der Waals surface area (Å²) in [6.07, 6.45) is 3.34. The number of pyridine rings is 2. The summed E-state index contributed by atoms with van der Waals surface area (Å²) in [5.74, 6) is 0. The Hall–Kier alpha value is -2.68. The third-order valence-corrected chi connectivity index (χ3v) is 3.68. The van der Waals surface area contributed by atoms with Gasteiger partial charge in [-0.1, -0.05) is 12.1 Å². The van der Waals surface area contributed by atoms with Crippen molar-refractivity contribution in [2.75, 3.05) is 0 Å². The second-order valence-electron chi connectivity index (χ2n) is 5.05. The lowest BCUT2D eigenvalue weighted by atomic mass is 10.1. The monoisotopic (exact) mass is 278 g/mol. The molecule has 0 atom stereocenters. The molecule has 0 spiro atoms. The summed E-state index contributed by atoms with van der Waals surface area (Å²) in [6.45, 7) is -2.12. The molecule has 4 aromatic rings. The minimum atomic E-state index is -2.12. The van der Waals surface area contributed by atoms with Gasteiger partial charge in [-0.25, -0.2) is 9.55 Å². The Balaban J connectivity index is 1.97. The SMILES string of the molecule is [2H]C([2H])([2H])c1ccc(-c2cccc3c2oc2ncccc23)[n+](C)c1. The van der Waals surface area contributed by atoms with E-state index < -0.39 is 6.85 Å². The summed E-state index contributed by atoms with van der Waals surface area (Å²) in [5.41, 5.74) is 3.45. The van der Waals surface area contributed by atoms with Crippen LogP contribution in [0.2, 0.25) is 0 Å². The first kappa shape index (κ1) is 9.29. The number of hydrogen-bond acceptors (Lipinski definition) is 2. The molecule has 3 heterocycles. The molecule has 102 valence electrons. The molecule has 0 saturated heterocycles. The predicted octanol–water partition coefficient (Wildman–Crippen LogP) is 3.78. The molecule has 0 aliphatic rings. The van der Waals surface area contributed by atoms with Gasteiger partial charge in [0.2, 0.25) is 11.4 Å². The van der Waals surface area contributed by atoms with Crippen molar-refractivity contribution in [3.05, 3.63) is 60.4 Å². The highest BCUT2D eigenvalue weighted by molar-refractivity contribution is 6.07. The molecule has 0 amide bonds. The Bertz CT molecular complexity index is 1070. The molecule has 0 aliphatic carbocycles. The highest BCUT2D eigenvalue weighted by Gasteiger charge is 2.17. The van der Waals surface area contributed by atoms with Crippen LogP contribution in [-0.4, -0.2) is 4.98 Å². The summed E-state index contributed by atoms with van der Waals surface area (Å²) in [7, 11) is 1.84. The fourth-order valence-corrected chi connectivity index (χ4v) is 2.72. The number of rotatable bonds is 1. The lowest BCUT2D eigenvalue weighted by Gasteiger charge is -2.01. The van der Waals surface area contributed by atoms with Crippen molar-refractivity contribution in [1.29, 1.82) is 0 Å². The highest BCUT2D eigenvalue weighted by Crippen LogP contribution is 2.33. The van der Waals surface area contributed by atoms with Crippen LogP contribution in [0.15, 0.2) is 59.3 Å². The van der Waals surface area contributed by atoms with Crippen LogP contribution in [0.3, 0.4) is 0 Å². The summed E-state index contributed by atoms with van der Waals surface area (Å²) in [6, 6.07) is 13.3. The van der Waals surface area contributed by atoms with Crippen molar-refractivity contribution in [2.24, 2.45) is 7.05 Å². The molecule has 4 rings (SSSR count). The third kappa shape index (κ3) is 1.82. The van der Waals surface area contributed by atoms with Gasteiger partial charge in [0, 0.05) is 32.7 Å². The number of benzene rings is 1. The molecule has 3 aromatic heterocycles. The molecule has 3 nitrogen and oxygen atoms in total. The van der Waals surface area contributed by atoms with Gasteiger partial charge in [-0.05, 0) is 31.1 Å². The molecular formula is C18H15N2O+. The first-order valence-electron chi connectivity index (χ1n) is 8.22. The van der Waals surface area contributed by atoms with Gasteiger partial charge in [0.1, 0.15) is 7.05 Å². The van der Waals surface area contributed by atoms with Gasteiger partial charge in [-0.2, -0.15) is 0 Å². The summed E-state index contributed by atoms with van der Waals surface area (Å²) >= 11 is 0. The van der Waals surface area contributed by atoms with E-state index in [1.54, 1.807) is 18.5 Å². The summed E-state index contributed by atoms with van der Waals surface area (Å²) in [4.78, 5) is 4.27. The van der Waals surface area contributed by atoms with Crippen molar-refractivity contribution < 1.29 is 13.1 Å². The quantitative estimate of drug-likeness (QED) is 0.496. The fraction of sp³-hybridized carbons (Fsp3) is 0.111. The second-order valence-corrected chi connectivity index (χ2v) is 5.05. The topological polar surface area (TPSA) is 29.9 Å². The van der Waals surface area contributed by atoms with Crippen molar-refractivity contribution in [2.45, 2.75) is 6.85 Å². The first-order valence-corrected chi connectivity index (χ1v) is 6.72. The van der Waals surface area contributed by atoms with Crippen LogP contribution in [0.1, 0.15) is 9.68 Å². The zero-order chi connectivity index (χ0) is 16.9. The zero-order valence-electron chi connectivity index (χ0n) is 14.5. The van der Waals surface area contributed by atoms with E-state index in [-0.39, 0.29) is 0 Å². The number of aromatic nitrogens is 2. The van der Waals surface area contributed by atoms with E-state index in [4.69, 9.17) is 8.53 Å². The normalized spacial score (nSPS) is 14.0. The van der Waals surface area contributed by atoms with E-state index in [1.165, 1.54) is 0 Å². The van der Waals surface area contributed by atoms with Crippen LogP contribution >= 0.6 is 0 Å². The zero-order valence-corrected chi connectivity index (χ0v) is 11.5. The van der Waals surface area contributed by atoms with Crippen molar-refractivity contribution >= 4 is 22.1 Å². The van der Waals surface area contributed by atoms with Gasteiger partial charge < -0.3 is 4.42 Å². The van der Waals surface area contributed by atoms with Crippen molar-refractivity contribution in [3.63, 3.8) is 0 Å². The fourth-order valence-electron chi connectivity index (χ4n) is 2.72. The van der Waals surface area contributed by atoms with Crippen molar-refractivity contribution in [1.82, 2.24) is 4.98 Å². The van der Waals surface area contributed by atoms with Crippen LogP contribution in [0.5, 0.6) is 0 Å². The molecule has 0 radical (unpaired) electrons. The molecule has 0 N–H and O–H groups in total.